The monoisotopic (exact) mass is 355 g/mol. The molecule has 6 heteroatoms. The molecule has 2 aromatic rings. The fourth-order valence-corrected chi connectivity index (χ4v) is 3.24. The van der Waals surface area contributed by atoms with E-state index in [0.717, 1.165) is 16.8 Å². The molecule has 1 atom stereocenters. The molecule has 0 aromatic heterocycles. The molecule has 2 aromatic carbocycles. The molecular formula is C20H22FN3O2. The lowest BCUT2D eigenvalue weighted by atomic mass is 10.1. The summed E-state index contributed by atoms with van der Waals surface area (Å²) in [5.41, 5.74) is 3.77. The summed E-state index contributed by atoms with van der Waals surface area (Å²) in [6.45, 7) is 6.11. The number of benzene rings is 2. The van der Waals surface area contributed by atoms with E-state index in [1.54, 1.807) is 17.9 Å². The quantitative estimate of drug-likeness (QED) is 0.882. The number of hydrogen-bond acceptors (Lipinski definition) is 2. The fraction of sp³-hybridized carbons (Fsp3) is 0.300. The Morgan fingerprint density at radius 2 is 1.85 bits per heavy atom. The second kappa shape index (κ2) is 7.15. The predicted molar refractivity (Wildman–Crippen MR) is 100.0 cm³/mol. The first-order valence-electron chi connectivity index (χ1n) is 8.57. The molecule has 26 heavy (non-hydrogen) atoms. The third-order valence-electron chi connectivity index (χ3n) is 4.54. The van der Waals surface area contributed by atoms with Crippen molar-refractivity contribution < 1.29 is 14.0 Å². The number of aryl methyl sites for hydroxylation is 2. The molecule has 1 aliphatic heterocycles. The summed E-state index contributed by atoms with van der Waals surface area (Å²) in [5.74, 6) is -0.526. The van der Waals surface area contributed by atoms with Crippen LogP contribution in [0.1, 0.15) is 23.1 Å². The lowest BCUT2D eigenvalue weighted by molar-refractivity contribution is -0.118. The van der Waals surface area contributed by atoms with Crippen LogP contribution in [0, 0.1) is 26.6 Å². The van der Waals surface area contributed by atoms with Gasteiger partial charge >= 0.3 is 6.03 Å². The van der Waals surface area contributed by atoms with Gasteiger partial charge in [-0.1, -0.05) is 12.1 Å². The highest BCUT2D eigenvalue weighted by Crippen LogP contribution is 2.24. The minimum Gasteiger partial charge on any atom is -0.326 e. The Balaban J connectivity index is 1.67. The molecule has 0 saturated carbocycles. The minimum atomic E-state index is -0.593. The molecule has 5 nitrogen and oxygen atoms in total. The lowest BCUT2D eigenvalue weighted by Gasteiger charge is -2.19. The number of nitrogens with zero attached hydrogens (tertiary/aromatic N) is 1. The first-order valence-corrected chi connectivity index (χ1v) is 8.57. The Kier molecular flexibility index (Phi) is 4.93. The summed E-state index contributed by atoms with van der Waals surface area (Å²) in [6, 6.07) is 9.35. The zero-order chi connectivity index (χ0) is 18.8. The predicted octanol–water partition coefficient (Wildman–Crippen LogP) is 3.68. The van der Waals surface area contributed by atoms with Gasteiger partial charge in [-0.05, 0) is 62.6 Å². The van der Waals surface area contributed by atoms with Crippen LogP contribution >= 0.6 is 0 Å². The molecule has 1 aliphatic rings. The van der Waals surface area contributed by atoms with Crippen molar-refractivity contribution >= 4 is 23.3 Å². The number of carbonyl (C=O) groups is 2. The van der Waals surface area contributed by atoms with Crippen molar-refractivity contribution in [3.63, 3.8) is 0 Å². The van der Waals surface area contributed by atoms with E-state index in [-0.39, 0.29) is 11.7 Å². The Hall–Kier alpha value is -2.89. The van der Waals surface area contributed by atoms with Crippen molar-refractivity contribution in [2.45, 2.75) is 33.2 Å². The molecule has 1 heterocycles. The topological polar surface area (TPSA) is 61.4 Å². The fourth-order valence-electron chi connectivity index (χ4n) is 3.24. The maximum atomic E-state index is 13.6. The van der Waals surface area contributed by atoms with Gasteiger partial charge < -0.3 is 15.5 Å². The lowest BCUT2D eigenvalue weighted by Crippen LogP contribution is -2.43. The highest BCUT2D eigenvalue weighted by molar-refractivity contribution is 6.02. The normalized spacial score (nSPS) is 16.7. The SMILES string of the molecule is Cc1cc(C)cc(N2CC[C@H](NC(=O)Nc3cccc(F)c3C)C2=O)c1. The summed E-state index contributed by atoms with van der Waals surface area (Å²) in [6.07, 6.45) is 0.529. The minimum absolute atomic E-state index is 0.138. The average Bonchev–Trinajstić information content (AvgIpc) is 2.92. The maximum absolute atomic E-state index is 13.6. The van der Waals surface area contributed by atoms with Gasteiger partial charge in [0.05, 0.1) is 0 Å². The Bertz CT molecular complexity index is 846. The summed E-state index contributed by atoms with van der Waals surface area (Å²) in [5, 5.41) is 5.30. The van der Waals surface area contributed by atoms with E-state index in [1.807, 2.05) is 26.0 Å². The van der Waals surface area contributed by atoms with Crippen LogP contribution in [0.4, 0.5) is 20.6 Å². The summed E-state index contributed by atoms with van der Waals surface area (Å²) in [7, 11) is 0. The number of anilines is 2. The van der Waals surface area contributed by atoms with Gasteiger partial charge in [0.15, 0.2) is 0 Å². The molecule has 0 spiro atoms. The van der Waals surface area contributed by atoms with Gasteiger partial charge in [0.2, 0.25) is 5.91 Å². The van der Waals surface area contributed by atoms with Gasteiger partial charge in [-0.15, -0.1) is 0 Å². The standard InChI is InChI=1S/C20H22FN3O2/c1-12-9-13(2)11-15(10-12)24-8-7-18(19(24)25)23-20(26)22-17-6-4-5-16(21)14(17)3/h4-6,9-11,18H,7-8H2,1-3H3,(H2,22,23,26)/t18-/m0/s1. The van der Waals surface area contributed by atoms with E-state index in [1.165, 1.54) is 12.1 Å². The van der Waals surface area contributed by atoms with Gasteiger partial charge in [0.1, 0.15) is 11.9 Å². The van der Waals surface area contributed by atoms with Crippen LogP contribution in [0.2, 0.25) is 0 Å². The smallest absolute Gasteiger partial charge is 0.319 e. The number of nitrogens with one attached hydrogen (secondary N) is 2. The molecular weight excluding hydrogens is 333 g/mol. The molecule has 0 radical (unpaired) electrons. The van der Waals surface area contributed by atoms with Crippen LogP contribution in [-0.4, -0.2) is 24.5 Å². The zero-order valence-corrected chi connectivity index (χ0v) is 15.1. The number of urea groups is 1. The van der Waals surface area contributed by atoms with Crippen LogP contribution in [0.3, 0.4) is 0 Å². The van der Waals surface area contributed by atoms with Crippen molar-refractivity contribution in [3.05, 3.63) is 58.9 Å². The Morgan fingerprint density at radius 3 is 2.54 bits per heavy atom. The summed E-state index contributed by atoms with van der Waals surface area (Å²) < 4.78 is 13.6. The molecule has 0 unspecified atom stereocenters. The molecule has 0 bridgehead atoms. The van der Waals surface area contributed by atoms with Gasteiger partial charge in [0, 0.05) is 23.5 Å². The van der Waals surface area contributed by atoms with Gasteiger partial charge in [-0.3, -0.25) is 4.79 Å². The highest BCUT2D eigenvalue weighted by atomic mass is 19.1. The van der Waals surface area contributed by atoms with Crippen molar-refractivity contribution in [2.24, 2.45) is 0 Å². The average molecular weight is 355 g/mol. The molecule has 136 valence electrons. The van der Waals surface area contributed by atoms with Crippen LogP contribution in [0.25, 0.3) is 0 Å². The maximum Gasteiger partial charge on any atom is 0.319 e. The molecule has 1 saturated heterocycles. The van der Waals surface area contributed by atoms with Crippen LogP contribution in [-0.2, 0) is 4.79 Å². The summed E-state index contributed by atoms with van der Waals surface area (Å²) >= 11 is 0. The largest absolute Gasteiger partial charge is 0.326 e. The third kappa shape index (κ3) is 3.69. The molecule has 2 N–H and O–H groups in total. The van der Waals surface area contributed by atoms with E-state index in [4.69, 9.17) is 0 Å². The van der Waals surface area contributed by atoms with Crippen molar-refractivity contribution in [3.8, 4) is 0 Å². The van der Waals surface area contributed by atoms with E-state index >= 15 is 0 Å². The summed E-state index contributed by atoms with van der Waals surface area (Å²) in [4.78, 5) is 26.6. The van der Waals surface area contributed by atoms with E-state index in [2.05, 4.69) is 16.7 Å². The molecule has 1 fully saturated rings. The number of carbonyl (C=O) groups excluding carboxylic acids is 2. The number of hydrogen-bond donors (Lipinski definition) is 2. The van der Waals surface area contributed by atoms with Crippen LogP contribution in [0.15, 0.2) is 36.4 Å². The van der Waals surface area contributed by atoms with Crippen molar-refractivity contribution in [1.29, 1.82) is 0 Å². The molecule has 3 rings (SSSR count). The van der Waals surface area contributed by atoms with Crippen molar-refractivity contribution in [1.82, 2.24) is 5.32 Å². The third-order valence-corrected chi connectivity index (χ3v) is 4.54. The number of rotatable bonds is 3. The molecule has 3 amide bonds. The van der Waals surface area contributed by atoms with E-state index in [9.17, 15) is 14.0 Å². The Morgan fingerprint density at radius 1 is 1.15 bits per heavy atom. The Labute approximate surface area is 152 Å². The van der Waals surface area contributed by atoms with Crippen molar-refractivity contribution in [2.75, 3.05) is 16.8 Å². The first-order chi connectivity index (χ1) is 12.3. The van der Waals surface area contributed by atoms with Gasteiger partial charge in [-0.2, -0.15) is 0 Å². The highest BCUT2D eigenvalue weighted by Gasteiger charge is 2.33. The van der Waals surface area contributed by atoms with Crippen LogP contribution in [0.5, 0.6) is 0 Å². The zero-order valence-electron chi connectivity index (χ0n) is 15.1. The van der Waals surface area contributed by atoms with E-state index in [0.29, 0.717) is 24.2 Å². The molecule has 0 aliphatic carbocycles. The second-order valence-corrected chi connectivity index (χ2v) is 6.69. The van der Waals surface area contributed by atoms with E-state index < -0.39 is 12.1 Å². The second-order valence-electron chi connectivity index (χ2n) is 6.69. The van der Waals surface area contributed by atoms with Gasteiger partial charge in [0.25, 0.3) is 0 Å². The van der Waals surface area contributed by atoms with Gasteiger partial charge in [-0.25, -0.2) is 9.18 Å². The van der Waals surface area contributed by atoms with Crippen LogP contribution < -0.4 is 15.5 Å². The first kappa shape index (κ1) is 17.9. The number of amides is 3. The number of halogens is 1.